The van der Waals surface area contributed by atoms with Crippen LogP contribution in [0, 0.1) is 0 Å². The minimum Gasteiger partial charge on any atom is -0.447 e. The highest BCUT2D eigenvalue weighted by molar-refractivity contribution is 7.94. The molecule has 0 bridgehead atoms. The van der Waals surface area contributed by atoms with Gasteiger partial charge in [0.2, 0.25) is 0 Å². The molecule has 0 saturated carbocycles. The third-order valence-corrected chi connectivity index (χ3v) is 7.06. The topological polar surface area (TPSA) is 102 Å². The zero-order valence-electron chi connectivity index (χ0n) is 21.0. The van der Waals surface area contributed by atoms with E-state index in [1.165, 1.54) is 5.57 Å². The number of anilines is 1. The van der Waals surface area contributed by atoms with Crippen LogP contribution in [0.5, 0.6) is 0 Å². The van der Waals surface area contributed by atoms with Crippen molar-refractivity contribution in [2.45, 2.75) is 76.5 Å². The number of H-pyrrole nitrogens is 1. The Morgan fingerprint density at radius 1 is 1.31 bits per heavy atom. The molecule has 1 aromatic heterocycles. The molecular weight excluding hydrogens is 486 g/mol. The first-order valence-corrected chi connectivity index (χ1v) is 13.2. The van der Waals surface area contributed by atoms with Crippen molar-refractivity contribution in [3.05, 3.63) is 35.5 Å². The first-order valence-electron chi connectivity index (χ1n) is 11.6. The Kier molecular flexibility index (Phi) is 8.84. The van der Waals surface area contributed by atoms with Gasteiger partial charge in [-0.1, -0.05) is 23.5 Å². The summed E-state index contributed by atoms with van der Waals surface area (Å²) in [5.74, 6) is 0. The van der Waals surface area contributed by atoms with Gasteiger partial charge in [0.1, 0.15) is 10.5 Å². The van der Waals surface area contributed by atoms with Gasteiger partial charge in [-0.2, -0.15) is 0 Å². The number of nitrogens with one attached hydrogen (secondary N) is 2. The third-order valence-electron chi connectivity index (χ3n) is 5.39. The zero-order chi connectivity index (χ0) is 25.8. The maximum absolute atomic E-state index is 12.4. The molecule has 2 amide bonds. The second-order valence-electron chi connectivity index (χ2n) is 9.71. The standard InChI is InChI=1S/C25H33N3O5S2/c1-15(2)32-23(29)27-17-9-12-19(20(13-17)35-31)21-14-26-22(34-21)16-7-10-18(11-8-16)28(6)24(30)33-25(3,4)5/h7,9,12-15,18,31H,8,10-11H2,1-6H3,(H,27,29)/p+1. The molecule has 190 valence electrons. The SMILES string of the molecule is CC(C)OC(=O)Nc1ccc(-c2c[nH+]c(C3=CCC(N(C)C(=O)OC(C)(C)C)CC3)s2)c(SO)c1. The molecule has 1 aliphatic carbocycles. The first kappa shape index (κ1) is 27.0. The van der Waals surface area contributed by atoms with Gasteiger partial charge in [-0.05, 0) is 66.0 Å². The van der Waals surface area contributed by atoms with Crippen molar-refractivity contribution in [3.63, 3.8) is 0 Å². The maximum Gasteiger partial charge on any atom is 0.411 e. The third kappa shape index (κ3) is 7.46. The first-order chi connectivity index (χ1) is 16.5. The van der Waals surface area contributed by atoms with Crippen LogP contribution >= 0.6 is 23.4 Å². The fraction of sp³-hybridized carbons (Fsp3) is 0.480. The van der Waals surface area contributed by atoms with Gasteiger partial charge in [0.05, 0.1) is 6.10 Å². The fourth-order valence-electron chi connectivity index (χ4n) is 3.69. The zero-order valence-corrected chi connectivity index (χ0v) is 22.6. The molecule has 3 N–H and O–H groups in total. The van der Waals surface area contributed by atoms with E-state index in [0.717, 1.165) is 34.7 Å². The Hall–Kier alpha value is -2.56. The molecule has 0 saturated heterocycles. The number of hydrogen-bond acceptors (Lipinski definition) is 7. The normalized spacial score (nSPS) is 16.0. The van der Waals surface area contributed by atoms with Gasteiger partial charge < -0.3 is 18.9 Å². The largest absolute Gasteiger partial charge is 0.447 e. The lowest BCUT2D eigenvalue weighted by atomic mass is 9.95. The van der Waals surface area contributed by atoms with Crippen LogP contribution in [0.2, 0.25) is 0 Å². The Balaban J connectivity index is 1.69. The molecule has 8 nitrogen and oxygen atoms in total. The highest BCUT2D eigenvalue weighted by Gasteiger charge is 2.28. The van der Waals surface area contributed by atoms with Crippen molar-refractivity contribution in [3.8, 4) is 10.4 Å². The van der Waals surface area contributed by atoms with Crippen LogP contribution in [0.4, 0.5) is 15.3 Å². The predicted octanol–water partition coefficient (Wildman–Crippen LogP) is 6.55. The second kappa shape index (κ2) is 11.5. The summed E-state index contributed by atoms with van der Waals surface area (Å²) in [6, 6.07) is 5.48. The number of amides is 2. The van der Waals surface area contributed by atoms with E-state index in [-0.39, 0.29) is 18.2 Å². The number of rotatable bonds is 6. The Labute approximate surface area is 214 Å². The number of nitrogens with zero attached hydrogens (tertiary/aromatic N) is 1. The van der Waals surface area contributed by atoms with Crippen LogP contribution in [0.3, 0.4) is 0 Å². The fourth-order valence-corrected chi connectivity index (χ4v) is 5.27. The molecule has 0 radical (unpaired) electrons. The summed E-state index contributed by atoms with van der Waals surface area (Å²) in [4.78, 5) is 30.9. The molecule has 0 spiro atoms. The minimum absolute atomic E-state index is 0.104. The van der Waals surface area contributed by atoms with Crippen LogP contribution in [0.15, 0.2) is 35.4 Å². The molecule has 1 unspecified atom stereocenters. The monoisotopic (exact) mass is 520 g/mol. The number of carbonyl (C=O) groups is 2. The number of aromatic nitrogens is 1. The van der Waals surface area contributed by atoms with E-state index in [1.54, 1.807) is 49.3 Å². The van der Waals surface area contributed by atoms with Gasteiger partial charge in [-0.25, -0.2) is 14.6 Å². The quantitative estimate of drug-likeness (QED) is 0.419. The van der Waals surface area contributed by atoms with Gasteiger partial charge in [-0.3, -0.25) is 5.32 Å². The summed E-state index contributed by atoms with van der Waals surface area (Å²) < 4.78 is 20.5. The van der Waals surface area contributed by atoms with E-state index in [2.05, 4.69) is 16.4 Å². The van der Waals surface area contributed by atoms with Gasteiger partial charge >= 0.3 is 12.2 Å². The molecule has 3 rings (SSSR count). The molecule has 35 heavy (non-hydrogen) atoms. The van der Waals surface area contributed by atoms with Crippen LogP contribution in [-0.4, -0.2) is 46.4 Å². The van der Waals surface area contributed by atoms with E-state index in [4.69, 9.17) is 9.47 Å². The van der Waals surface area contributed by atoms with E-state index in [9.17, 15) is 14.1 Å². The summed E-state index contributed by atoms with van der Waals surface area (Å²) in [5, 5.41) is 3.73. The predicted molar refractivity (Wildman–Crippen MR) is 140 cm³/mol. The molecule has 10 heteroatoms. The van der Waals surface area contributed by atoms with Crippen molar-refractivity contribution in [2.24, 2.45) is 0 Å². The number of thiazole rings is 1. The van der Waals surface area contributed by atoms with Gasteiger partial charge in [-0.15, -0.1) is 0 Å². The average molecular weight is 521 g/mol. The van der Waals surface area contributed by atoms with E-state index < -0.39 is 11.7 Å². The molecule has 1 atom stereocenters. The number of ether oxygens (including phenoxy) is 2. The number of allylic oxidation sites excluding steroid dienone is 1. The maximum atomic E-state index is 12.4. The van der Waals surface area contributed by atoms with Crippen molar-refractivity contribution in [1.82, 2.24) is 4.90 Å². The molecule has 0 fully saturated rings. The lowest BCUT2D eigenvalue weighted by Gasteiger charge is -2.32. The average Bonchev–Trinajstić information content (AvgIpc) is 3.27. The van der Waals surface area contributed by atoms with Crippen LogP contribution < -0.4 is 10.3 Å². The van der Waals surface area contributed by atoms with E-state index >= 15 is 0 Å². The van der Waals surface area contributed by atoms with Crippen molar-refractivity contribution < 1.29 is 28.6 Å². The molecule has 1 aromatic carbocycles. The summed E-state index contributed by atoms with van der Waals surface area (Å²) >= 11 is 2.25. The summed E-state index contributed by atoms with van der Waals surface area (Å²) in [6.45, 7) is 9.17. The molecule has 2 aromatic rings. The smallest absolute Gasteiger partial charge is 0.411 e. The van der Waals surface area contributed by atoms with Crippen LogP contribution in [0.1, 0.15) is 58.9 Å². The van der Waals surface area contributed by atoms with E-state index in [1.807, 2.05) is 33.0 Å². The molecule has 1 heterocycles. The molecular formula is C25H34N3O5S2+. The van der Waals surface area contributed by atoms with E-state index in [0.29, 0.717) is 22.6 Å². The Morgan fingerprint density at radius 3 is 2.66 bits per heavy atom. The Morgan fingerprint density at radius 2 is 2.06 bits per heavy atom. The van der Waals surface area contributed by atoms with Crippen molar-refractivity contribution in [1.29, 1.82) is 0 Å². The van der Waals surface area contributed by atoms with Crippen LogP contribution in [-0.2, 0) is 9.47 Å². The second-order valence-corrected chi connectivity index (χ2v) is 11.4. The molecule has 1 aliphatic rings. The molecule has 0 aliphatic heterocycles. The summed E-state index contributed by atoms with van der Waals surface area (Å²) in [5.41, 5.74) is 2.11. The number of aromatic amines is 1. The summed E-state index contributed by atoms with van der Waals surface area (Å²) in [7, 11) is 1.79. The van der Waals surface area contributed by atoms with Gasteiger partial charge in [0, 0.05) is 46.9 Å². The number of carbonyl (C=O) groups excluding carboxylic acids is 2. The van der Waals surface area contributed by atoms with Gasteiger partial charge in [0.15, 0.2) is 6.20 Å². The van der Waals surface area contributed by atoms with Crippen molar-refractivity contribution >= 4 is 46.8 Å². The summed E-state index contributed by atoms with van der Waals surface area (Å²) in [6.07, 6.45) is 5.51. The Bertz CT molecular complexity index is 1090. The van der Waals surface area contributed by atoms with Gasteiger partial charge in [0.25, 0.3) is 5.01 Å². The highest BCUT2D eigenvalue weighted by Crippen LogP contribution is 2.37. The van der Waals surface area contributed by atoms with Crippen LogP contribution in [0.25, 0.3) is 16.0 Å². The minimum atomic E-state index is -0.534. The lowest BCUT2D eigenvalue weighted by molar-refractivity contribution is -0.373. The number of hydrogen-bond donors (Lipinski definition) is 2. The van der Waals surface area contributed by atoms with Crippen molar-refractivity contribution in [2.75, 3.05) is 12.4 Å². The lowest BCUT2D eigenvalue weighted by Crippen LogP contribution is -2.41. The number of benzene rings is 1. The highest BCUT2D eigenvalue weighted by atomic mass is 32.2.